The van der Waals surface area contributed by atoms with E-state index in [0.717, 1.165) is 11.1 Å². The van der Waals surface area contributed by atoms with Gasteiger partial charge in [0.25, 0.3) is 0 Å². The molecule has 0 spiro atoms. The van der Waals surface area contributed by atoms with E-state index in [0.29, 0.717) is 19.0 Å². The Bertz CT molecular complexity index is 713. The van der Waals surface area contributed by atoms with Crippen LogP contribution in [0.4, 0.5) is 17.6 Å². The Morgan fingerprint density at radius 3 is 1.88 bits per heavy atom. The minimum Gasteiger partial charge on any atom is -0.484 e. The maximum absolute atomic E-state index is 12.9. The Balaban J connectivity index is 1.79. The van der Waals surface area contributed by atoms with Crippen LogP contribution in [0.5, 0.6) is 5.75 Å². The maximum atomic E-state index is 12.9. The lowest BCUT2D eigenvalue weighted by Crippen LogP contribution is -2.36. The number of hydrogen-bond acceptors (Lipinski definition) is 2. The standard InChI is InChI=1S/C18H19F4N3O/c1-23-17(24-10-13-2-6-15(19)7-3-13)25-11-14-4-8-16(9-5-14)26-12-18(20,21)22/h2-9H,10-12H2,1H3,(H2,23,24,25). The molecule has 2 rings (SSSR count). The molecule has 0 fully saturated rings. The van der Waals surface area contributed by atoms with E-state index in [1.54, 1.807) is 31.3 Å². The van der Waals surface area contributed by atoms with Crippen molar-refractivity contribution >= 4 is 5.96 Å². The third-order valence-electron chi connectivity index (χ3n) is 3.38. The fourth-order valence-electron chi connectivity index (χ4n) is 2.06. The molecular weight excluding hydrogens is 350 g/mol. The van der Waals surface area contributed by atoms with Gasteiger partial charge in [0, 0.05) is 20.1 Å². The van der Waals surface area contributed by atoms with Crippen molar-refractivity contribution in [1.29, 1.82) is 0 Å². The minimum absolute atomic E-state index is 0.157. The molecule has 0 unspecified atom stereocenters. The van der Waals surface area contributed by atoms with Gasteiger partial charge in [0.15, 0.2) is 12.6 Å². The summed E-state index contributed by atoms with van der Waals surface area (Å²) in [5.74, 6) is 0.413. The van der Waals surface area contributed by atoms with Crippen LogP contribution in [0, 0.1) is 5.82 Å². The summed E-state index contributed by atoms with van der Waals surface area (Å²) in [4.78, 5) is 4.08. The average molecular weight is 369 g/mol. The van der Waals surface area contributed by atoms with Gasteiger partial charge >= 0.3 is 6.18 Å². The van der Waals surface area contributed by atoms with Crippen LogP contribution >= 0.6 is 0 Å². The summed E-state index contributed by atoms with van der Waals surface area (Å²) in [7, 11) is 1.62. The van der Waals surface area contributed by atoms with Gasteiger partial charge in [-0.15, -0.1) is 0 Å². The SMILES string of the molecule is CN=C(NCc1ccc(F)cc1)NCc1ccc(OCC(F)(F)F)cc1. The highest BCUT2D eigenvalue weighted by Crippen LogP contribution is 2.18. The Kier molecular flexibility index (Phi) is 6.82. The number of benzene rings is 2. The van der Waals surface area contributed by atoms with Crippen LogP contribution < -0.4 is 15.4 Å². The molecule has 0 aromatic heterocycles. The maximum Gasteiger partial charge on any atom is 0.422 e. The molecule has 8 heteroatoms. The highest BCUT2D eigenvalue weighted by atomic mass is 19.4. The van der Waals surface area contributed by atoms with E-state index in [9.17, 15) is 17.6 Å². The molecule has 0 amide bonds. The van der Waals surface area contributed by atoms with Crippen molar-refractivity contribution in [1.82, 2.24) is 10.6 Å². The molecule has 0 bridgehead atoms. The van der Waals surface area contributed by atoms with Crippen LogP contribution in [0.1, 0.15) is 11.1 Å². The highest BCUT2D eigenvalue weighted by molar-refractivity contribution is 5.79. The monoisotopic (exact) mass is 369 g/mol. The minimum atomic E-state index is -4.36. The average Bonchev–Trinajstić information content (AvgIpc) is 2.62. The number of guanidine groups is 1. The second kappa shape index (κ2) is 9.07. The van der Waals surface area contributed by atoms with Gasteiger partial charge in [0.2, 0.25) is 0 Å². The Labute approximate surface area is 148 Å². The lowest BCUT2D eigenvalue weighted by Gasteiger charge is -2.13. The summed E-state index contributed by atoms with van der Waals surface area (Å²) >= 11 is 0. The van der Waals surface area contributed by atoms with E-state index in [-0.39, 0.29) is 11.6 Å². The smallest absolute Gasteiger partial charge is 0.422 e. The second-order valence-electron chi connectivity index (χ2n) is 5.45. The van der Waals surface area contributed by atoms with Crippen LogP contribution in [0.15, 0.2) is 53.5 Å². The molecule has 0 saturated heterocycles. The number of nitrogens with zero attached hydrogens (tertiary/aromatic N) is 1. The zero-order valence-corrected chi connectivity index (χ0v) is 14.1. The summed E-state index contributed by atoms with van der Waals surface area (Å²) in [6.07, 6.45) is -4.36. The number of nitrogens with one attached hydrogen (secondary N) is 2. The Hall–Kier alpha value is -2.77. The van der Waals surface area contributed by atoms with E-state index in [1.165, 1.54) is 24.3 Å². The van der Waals surface area contributed by atoms with Gasteiger partial charge in [-0.05, 0) is 35.4 Å². The zero-order chi connectivity index (χ0) is 19.0. The topological polar surface area (TPSA) is 45.7 Å². The molecular formula is C18H19F4N3O. The molecule has 26 heavy (non-hydrogen) atoms. The molecule has 140 valence electrons. The normalized spacial score (nSPS) is 12.0. The lowest BCUT2D eigenvalue weighted by molar-refractivity contribution is -0.153. The van der Waals surface area contributed by atoms with Gasteiger partial charge in [0.1, 0.15) is 11.6 Å². The van der Waals surface area contributed by atoms with E-state index in [1.807, 2.05) is 0 Å². The third kappa shape index (κ3) is 7.00. The van der Waals surface area contributed by atoms with Crippen LogP contribution in [0.25, 0.3) is 0 Å². The van der Waals surface area contributed by atoms with Gasteiger partial charge in [-0.3, -0.25) is 4.99 Å². The van der Waals surface area contributed by atoms with Gasteiger partial charge in [0.05, 0.1) is 0 Å². The van der Waals surface area contributed by atoms with Gasteiger partial charge < -0.3 is 15.4 Å². The lowest BCUT2D eigenvalue weighted by atomic mass is 10.2. The number of halogens is 4. The first-order chi connectivity index (χ1) is 12.4. The quantitative estimate of drug-likeness (QED) is 0.464. The molecule has 0 atom stereocenters. The van der Waals surface area contributed by atoms with E-state index < -0.39 is 12.8 Å². The van der Waals surface area contributed by atoms with Gasteiger partial charge in [-0.1, -0.05) is 24.3 Å². The van der Waals surface area contributed by atoms with Crippen molar-refractivity contribution in [3.8, 4) is 5.75 Å². The predicted octanol–water partition coefficient (Wildman–Crippen LogP) is 3.63. The third-order valence-corrected chi connectivity index (χ3v) is 3.38. The Morgan fingerprint density at radius 1 is 0.923 bits per heavy atom. The molecule has 4 nitrogen and oxygen atoms in total. The van der Waals surface area contributed by atoms with Crippen molar-refractivity contribution < 1.29 is 22.3 Å². The van der Waals surface area contributed by atoms with Crippen molar-refractivity contribution in [2.75, 3.05) is 13.7 Å². The number of ether oxygens (including phenoxy) is 1. The number of alkyl halides is 3. The number of aliphatic imine (C=N–C) groups is 1. The van der Waals surface area contributed by atoms with E-state index in [2.05, 4.69) is 20.4 Å². The molecule has 2 aromatic rings. The van der Waals surface area contributed by atoms with E-state index >= 15 is 0 Å². The molecule has 0 heterocycles. The number of rotatable bonds is 6. The largest absolute Gasteiger partial charge is 0.484 e. The van der Waals surface area contributed by atoms with Crippen molar-refractivity contribution in [2.45, 2.75) is 19.3 Å². The molecule has 0 aliphatic rings. The summed E-state index contributed by atoms with van der Waals surface area (Å²) < 4.78 is 53.9. The van der Waals surface area contributed by atoms with Crippen LogP contribution in [0.3, 0.4) is 0 Å². The van der Waals surface area contributed by atoms with Gasteiger partial charge in [-0.2, -0.15) is 13.2 Å². The zero-order valence-electron chi connectivity index (χ0n) is 14.1. The van der Waals surface area contributed by atoms with E-state index in [4.69, 9.17) is 0 Å². The molecule has 0 aliphatic heterocycles. The molecule has 0 saturated carbocycles. The van der Waals surface area contributed by atoms with Gasteiger partial charge in [-0.25, -0.2) is 4.39 Å². The summed E-state index contributed by atoms with van der Waals surface area (Å²) in [5.41, 5.74) is 1.76. The molecule has 0 radical (unpaired) electrons. The first-order valence-corrected chi connectivity index (χ1v) is 7.83. The summed E-state index contributed by atoms with van der Waals surface area (Å²) in [6.45, 7) is -0.405. The second-order valence-corrected chi connectivity index (χ2v) is 5.45. The molecule has 0 aliphatic carbocycles. The number of hydrogen-bond donors (Lipinski definition) is 2. The molecule has 2 aromatic carbocycles. The van der Waals surface area contributed by atoms with Crippen molar-refractivity contribution in [3.05, 3.63) is 65.5 Å². The van der Waals surface area contributed by atoms with Crippen LogP contribution in [0.2, 0.25) is 0 Å². The van der Waals surface area contributed by atoms with Crippen LogP contribution in [-0.2, 0) is 13.1 Å². The fraction of sp³-hybridized carbons (Fsp3) is 0.278. The first-order valence-electron chi connectivity index (χ1n) is 7.83. The fourth-order valence-corrected chi connectivity index (χ4v) is 2.06. The first kappa shape index (κ1) is 19.6. The van der Waals surface area contributed by atoms with Crippen molar-refractivity contribution in [3.63, 3.8) is 0 Å². The summed E-state index contributed by atoms with van der Waals surface area (Å²) in [6, 6.07) is 12.4. The predicted molar refractivity (Wildman–Crippen MR) is 91.4 cm³/mol. The molecule has 2 N–H and O–H groups in total. The highest BCUT2D eigenvalue weighted by Gasteiger charge is 2.28. The van der Waals surface area contributed by atoms with Crippen molar-refractivity contribution in [2.24, 2.45) is 4.99 Å². The Morgan fingerprint density at radius 2 is 1.42 bits per heavy atom. The summed E-state index contributed by atoms with van der Waals surface area (Å²) in [5, 5.41) is 6.18. The van der Waals surface area contributed by atoms with Crippen LogP contribution in [-0.4, -0.2) is 25.8 Å².